The van der Waals surface area contributed by atoms with Crippen LogP contribution >= 0.6 is 0 Å². The van der Waals surface area contributed by atoms with E-state index in [1.54, 1.807) is 0 Å². The fraction of sp³-hybridized carbons (Fsp3) is 1.00. The normalized spacial score (nSPS) is 23.8. The van der Waals surface area contributed by atoms with Crippen molar-refractivity contribution >= 4 is 0 Å². The molecule has 1 fully saturated rings. The van der Waals surface area contributed by atoms with Crippen molar-refractivity contribution in [3.05, 3.63) is 0 Å². The third kappa shape index (κ3) is 5.84. The molecule has 102 valence electrons. The molecule has 17 heavy (non-hydrogen) atoms. The molecule has 0 amide bonds. The Bertz CT molecular complexity index is 187. The molecule has 1 N–H and O–H groups in total. The Kier molecular flexibility index (Phi) is 7.82. The fourth-order valence-electron chi connectivity index (χ4n) is 2.54. The summed E-state index contributed by atoms with van der Waals surface area (Å²) in [5, 5.41) is 3.43. The van der Waals surface area contributed by atoms with Crippen LogP contribution in [0.2, 0.25) is 0 Å². The molecular weight excluding hydrogens is 212 g/mol. The average molecular weight is 242 g/mol. The van der Waals surface area contributed by atoms with E-state index in [2.05, 4.69) is 31.2 Å². The van der Waals surface area contributed by atoms with E-state index in [0.717, 1.165) is 19.7 Å². The highest BCUT2D eigenvalue weighted by molar-refractivity contribution is 4.81. The highest BCUT2D eigenvalue weighted by Crippen LogP contribution is 2.14. The number of hydrogen-bond acceptors (Lipinski definition) is 3. The van der Waals surface area contributed by atoms with E-state index >= 15 is 0 Å². The van der Waals surface area contributed by atoms with Crippen LogP contribution in [0.4, 0.5) is 0 Å². The summed E-state index contributed by atoms with van der Waals surface area (Å²) in [5.41, 5.74) is 0. The standard InChI is InChI=1S/C14H30N2O/c1-4-5-6-7-8-9-13(15-2)14-12-16(3)10-11-17-14/h13-15H,4-12H2,1-3H3. The molecule has 2 unspecified atom stereocenters. The van der Waals surface area contributed by atoms with Crippen LogP contribution in [0.5, 0.6) is 0 Å². The van der Waals surface area contributed by atoms with Gasteiger partial charge in [0, 0.05) is 19.1 Å². The molecule has 1 heterocycles. The number of morpholine rings is 1. The van der Waals surface area contributed by atoms with Crippen LogP contribution in [0.15, 0.2) is 0 Å². The molecule has 0 saturated carbocycles. The third-order valence-corrected chi connectivity index (χ3v) is 3.73. The number of unbranched alkanes of at least 4 members (excludes halogenated alkanes) is 4. The number of hydrogen-bond donors (Lipinski definition) is 1. The van der Waals surface area contributed by atoms with Gasteiger partial charge >= 0.3 is 0 Å². The summed E-state index contributed by atoms with van der Waals surface area (Å²) in [6.07, 6.45) is 8.42. The van der Waals surface area contributed by atoms with Gasteiger partial charge in [-0.1, -0.05) is 39.0 Å². The topological polar surface area (TPSA) is 24.5 Å². The molecule has 0 bridgehead atoms. The lowest BCUT2D eigenvalue weighted by Crippen LogP contribution is -2.50. The quantitative estimate of drug-likeness (QED) is 0.661. The van der Waals surface area contributed by atoms with Crippen molar-refractivity contribution in [2.75, 3.05) is 33.8 Å². The minimum atomic E-state index is 0.380. The number of nitrogens with one attached hydrogen (secondary N) is 1. The zero-order valence-electron chi connectivity index (χ0n) is 11.9. The Hall–Kier alpha value is -0.120. The number of rotatable bonds is 8. The molecule has 0 aliphatic carbocycles. The van der Waals surface area contributed by atoms with Crippen LogP contribution in [0, 0.1) is 0 Å². The zero-order valence-corrected chi connectivity index (χ0v) is 11.9. The molecule has 0 aromatic rings. The highest BCUT2D eigenvalue weighted by atomic mass is 16.5. The first-order chi connectivity index (χ1) is 8.27. The largest absolute Gasteiger partial charge is 0.374 e. The minimum Gasteiger partial charge on any atom is -0.374 e. The van der Waals surface area contributed by atoms with Crippen molar-refractivity contribution in [2.45, 2.75) is 57.6 Å². The summed E-state index contributed by atoms with van der Waals surface area (Å²) < 4.78 is 5.88. The Morgan fingerprint density at radius 3 is 2.71 bits per heavy atom. The van der Waals surface area contributed by atoms with Gasteiger partial charge in [0.2, 0.25) is 0 Å². The molecule has 2 atom stereocenters. The van der Waals surface area contributed by atoms with Crippen molar-refractivity contribution in [1.82, 2.24) is 10.2 Å². The first-order valence-electron chi connectivity index (χ1n) is 7.25. The van der Waals surface area contributed by atoms with Crippen LogP contribution in [0.3, 0.4) is 0 Å². The van der Waals surface area contributed by atoms with E-state index in [0.29, 0.717) is 12.1 Å². The summed E-state index contributed by atoms with van der Waals surface area (Å²) in [7, 11) is 4.25. The van der Waals surface area contributed by atoms with E-state index < -0.39 is 0 Å². The van der Waals surface area contributed by atoms with Crippen molar-refractivity contribution in [3.63, 3.8) is 0 Å². The van der Waals surface area contributed by atoms with Crippen molar-refractivity contribution in [2.24, 2.45) is 0 Å². The summed E-state index contributed by atoms with van der Waals surface area (Å²) in [6.45, 7) is 5.29. The van der Waals surface area contributed by atoms with Crippen LogP contribution in [0.25, 0.3) is 0 Å². The first kappa shape index (κ1) is 14.9. The lowest BCUT2D eigenvalue weighted by Gasteiger charge is -2.35. The molecule has 3 heteroatoms. The predicted octanol–water partition coefficient (Wildman–Crippen LogP) is 2.27. The summed E-state index contributed by atoms with van der Waals surface area (Å²) >= 11 is 0. The number of ether oxygens (including phenoxy) is 1. The summed E-state index contributed by atoms with van der Waals surface area (Å²) in [6, 6.07) is 0.527. The van der Waals surface area contributed by atoms with Gasteiger partial charge in [0.05, 0.1) is 12.7 Å². The SMILES string of the molecule is CCCCCCCC(NC)C1CN(C)CCO1. The Morgan fingerprint density at radius 2 is 2.06 bits per heavy atom. The second-order valence-corrected chi connectivity index (χ2v) is 5.27. The van der Waals surface area contributed by atoms with Crippen LogP contribution in [0.1, 0.15) is 45.4 Å². The van der Waals surface area contributed by atoms with Gasteiger partial charge in [0.1, 0.15) is 0 Å². The van der Waals surface area contributed by atoms with Crippen LogP contribution < -0.4 is 5.32 Å². The second kappa shape index (κ2) is 8.90. The summed E-state index contributed by atoms with van der Waals surface area (Å²) in [5.74, 6) is 0. The van der Waals surface area contributed by atoms with E-state index in [1.165, 1.54) is 38.5 Å². The first-order valence-corrected chi connectivity index (χ1v) is 7.25. The lowest BCUT2D eigenvalue weighted by molar-refractivity contribution is -0.0390. The maximum absolute atomic E-state index is 5.88. The van der Waals surface area contributed by atoms with Crippen LogP contribution in [-0.2, 0) is 4.74 Å². The zero-order chi connectivity index (χ0) is 12.5. The van der Waals surface area contributed by atoms with Crippen molar-refractivity contribution in [3.8, 4) is 0 Å². The molecule has 0 aromatic heterocycles. The molecule has 1 aliphatic rings. The van der Waals surface area contributed by atoms with Gasteiger partial charge in [-0.15, -0.1) is 0 Å². The van der Waals surface area contributed by atoms with E-state index in [4.69, 9.17) is 4.74 Å². The molecule has 1 aliphatic heterocycles. The van der Waals surface area contributed by atoms with Crippen molar-refractivity contribution in [1.29, 1.82) is 0 Å². The van der Waals surface area contributed by atoms with E-state index in [9.17, 15) is 0 Å². The van der Waals surface area contributed by atoms with E-state index in [1.807, 2.05) is 0 Å². The van der Waals surface area contributed by atoms with Gasteiger partial charge in [-0.05, 0) is 20.5 Å². The van der Waals surface area contributed by atoms with Gasteiger partial charge in [0.15, 0.2) is 0 Å². The van der Waals surface area contributed by atoms with Crippen molar-refractivity contribution < 1.29 is 4.74 Å². The average Bonchev–Trinajstić information content (AvgIpc) is 2.34. The molecular formula is C14H30N2O. The smallest absolute Gasteiger partial charge is 0.0855 e. The van der Waals surface area contributed by atoms with Crippen LogP contribution in [-0.4, -0.2) is 50.8 Å². The van der Waals surface area contributed by atoms with Gasteiger partial charge in [0.25, 0.3) is 0 Å². The molecule has 1 rings (SSSR count). The van der Waals surface area contributed by atoms with Gasteiger partial charge in [-0.3, -0.25) is 0 Å². The third-order valence-electron chi connectivity index (χ3n) is 3.73. The van der Waals surface area contributed by atoms with Gasteiger partial charge in [-0.25, -0.2) is 0 Å². The summed E-state index contributed by atoms with van der Waals surface area (Å²) in [4.78, 5) is 2.37. The molecule has 0 spiro atoms. The minimum absolute atomic E-state index is 0.380. The molecule has 0 radical (unpaired) electrons. The second-order valence-electron chi connectivity index (χ2n) is 5.27. The number of nitrogens with zero attached hydrogens (tertiary/aromatic N) is 1. The lowest BCUT2D eigenvalue weighted by atomic mass is 10.0. The maximum atomic E-state index is 5.88. The monoisotopic (exact) mass is 242 g/mol. The Morgan fingerprint density at radius 1 is 1.29 bits per heavy atom. The Balaban J connectivity index is 2.18. The van der Waals surface area contributed by atoms with E-state index in [-0.39, 0.29) is 0 Å². The number of likely N-dealkylation sites (N-methyl/N-ethyl adjacent to an activating group) is 2. The highest BCUT2D eigenvalue weighted by Gasteiger charge is 2.24. The maximum Gasteiger partial charge on any atom is 0.0855 e. The fourth-order valence-corrected chi connectivity index (χ4v) is 2.54. The predicted molar refractivity (Wildman–Crippen MR) is 73.5 cm³/mol. The Labute approximate surface area is 107 Å². The molecule has 1 saturated heterocycles. The van der Waals surface area contributed by atoms with Gasteiger partial charge < -0.3 is 15.0 Å². The van der Waals surface area contributed by atoms with Gasteiger partial charge in [-0.2, -0.15) is 0 Å². The molecule has 0 aromatic carbocycles. The molecule has 3 nitrogen and oxygen atoms in total.